The predicted octanol–water partition coefficient (Wildman–Crippen LogP) is -1.52. The zero-order valence-corrected chi connectivity index (χ0v) is 11.4. The van der Waals surface area contributed by atoms with E-state index in [0.717, 1.165) is 0 Å². The van der Waals surface area contributed by atoms with Crippen LogP contribution in [0, 0.1) is 0 Å². The fourth-order valence-corrected chi connectivity index (χ4v) is 0. The fourth-order valence-electron chi connectivity index (χ4n) is 0. The molecule has 0 saturated heterocycles. The van der Waals surface area contributed by atoms with Crippen molar-refractivity contribution >= 4 is 84.5 Å². The van der Waals surface area contributed by atoms with Crippen molar-refractivity contribution in [3.63, 3.8) is 0 Å². The van der Waals surface area contributed by atoms with Gasteiger partial charge in [0.2, 0.25) is 0 Å². The Bertz CT molecular complexity index is 8.00. The van der Waals surface area contributed by atoms with Crippen LogP contribution >= 0.6 is 0 Å². The quantitative estimate of drug-likeness (QED) is 0.364. The van der Waals surface area contributed by atoms with Crippen molar-refractivity contribution in [3.8, 4) is 0 Å². The SMILES string of the molecule is [Bi].[Ge].[Se].[Te]. The molecule has 11 radical (unpaired) electrons. The first kappa shape index (κ1) is 29.6. The number of hydrogen-bond donors (Lipinski definition) is 0. The molecule has 0 unspecified atom stereocenters. The summed E-state index contributed by atoms with van der Waals surface area (Å²) in [4.78, 5) is 0. The molecule has 0 aliphatic carbocycles. The minimum Gasteiger partial charge on any atom is 0 e. The molecule has 0 fully saturated rings. The Morgan fingerprint density at radius 2 is 1.00 bits per heavy atom. The molecule has 0 nitrogen and oxygen atoms in total. The van der Waals surface area contributed by atoms with Crippen LogP contribution < -0.4 is 0 Å². The van der Waals surface area contributed by atoms with Gasteiger partial charge in [0.15, 0.2) is 0 Å². The molecule has 0 bridgehead atoms. The summed E-state index contributed by atoms with van der Waals surface area (Å²) in [6.45, 7) is 0. The van der Waals surface area contributed by atoms with Crippen molar-refractivity contribution in [2.24, 2.45) is 0 Å². The smallest absolute Gasteiger partial charge is 0 e. The van der Waals surface area contributed by atoms with E-state index in [0.29, 0.717) is 0 Å². The molecule has 0 aromatic carbocycles. The van der Waals surface area contributed by atoms with Gasteiger partial charge in [0, 0.05) is 84.5 Å². The molecule has 0 N–H and O–H groups in total. The van der Waals surface area contributed by atoms with E-state index in [4.69, 9.17) is 0 Å². The second kappa shape index (κ2) is 17.2. The molecular weight excluding hydrogens is 488 g/mol. The second-order valence-electron chi connectivity index (χ2n) is 0. The third kappa shape index (κ3) is 8.83. The van der Waals surface area contributed by atoms with Crippen LogP contribution in [0.1, 0.15) is 0 Å². The van der Waals surface area contributed by atoms with Crippen LogP contribution in [0.4, 0.5) is 0 Å². The third-order valence-corrected chi connectivity index (χ3v) is 0. The summed E-state index contributed by atoms with van der Waals surface area (Å²) in [6, 6.07) is 0. The normalized spacial score (nSPS) is 0. The summed E-state index contributed by atoms with van der Waals surface area (Å²) in [5.41, 5.74) is 0. The van der Waals surface area contributed by atoms with E-state index < -0.39 is 0 Å². The third-order valence-electron chi connectivity index (χ3n) is 0. The van der Waals surface area contributed by atoms with Crippen LogP contribution in [-0.2, 0) is 0 Å². The van der Waals surface area contributed by atoms with Gasteiger partial charge in [0.25, 0.3) is 0 Å². The van der Waals surface area contributed by atoms with E-state index in [-0.39, 0.29) is 84.5 Å². The van der Waals surface area contributed by atoms with Crippen molar-refractivity contribution < 1.29 is 0 Å². The largest absolute Gasteiger partial charge is 0 e. The zero-order valence-electron chi connectivity index (χ0n) is 1.76. The maximum Gasteiger partial charge on any atom is 0 e. The van der Waals surface area contributed by atoms with E-state index in [9.17, 15) is 0 Å². The van der Waals surface area contributed by atoms with Gasteiger partial charge in [-0.1, -0.05) is 0 Å². The minimum absolute atomic E-state index is 0. The number of hydrogen-bond acceptors (Lipinski definition) is 0. The Hall–Kier alpha value is 2.74. The van der Waals surface area contributed by atoms with E-state index in [1.165, 1.54) is 0 Å². The Balaban J connectivity index is 0. The Kier molecular flexibility index (Phi) is 127. The van der Waals surface area contributed by atoms with Gasteiger partial charge in [-0.05, 0) is 0 Å². The van der Waals surface area contributed by atoms with Gasteiger partial charge in [-0.3, -0.25) is 0 Å². The van der Waals surface area contributed by atoms with Crippen LogP contribution in [-0.4, -0.2) is 84.5 Å². The Morgan fingerprint density at radius 1 is 1.00 bits per heavy atom. The fraction of sp³-hybridized carbons (Fsp3) is 0. The summed E-state index contributed by atoms with van der Waals surface area (Å²) >= 11 is 0. The van der Waals surface area contributed by atoms with Gasteiger partial charge in [0.05, 0.1) is 0 Å². The first-order valence-corrected chi connectivity index (χ1v) is 0. The summed E-state index contributed by atoms with van der Waals surface area (Å²) in [6.07, 6.45) is 0. The molecule has 0 aliphatic heterocycles. The Labute approximate surface area is 83.2 Å². The van der Waals surface area contributed by atoms with Crippen LogP contribution in [0.2, 0.25) is 0 Å². The average molecular weight is 488 g/mol. The van der Waals surface area contributed by atoms with Gasteiger partial charge >= 0.3 is 0 Å². The van der Waals surface area contributed by atoms with Gasteiger partial charge in [-0.2, -0.15) is 0 Å². The maximum atomic E-state index is 0. The van der Waals surface area contributed by atoms with Gasteiger partial charge in [0.1, 0.15) is 0 Å². The van der Waals surface area contributed by atoms with Gasteiger partial charge < -0.3 is 0 Å². The molecule has 0 heterocycles. The molecule has 0 aliphatic rings. The van der Waals surface area contributed by atoms with E-state index in [1.54, 1.807) is 0 Å². The molecule has 0 aromatic rings. The summed E-state index contributed by atoms with van der Waals surface area (Å²) in [7, 11) is 0. The summed E-state index contributed by atoms with van der Waals surface area (Å²) in [5, 5.41) is 0. The average Bonchev–Trinajstić information content (AvgIpc) is 0. The second-order valence-corrected chi connectivity index (χ2v) is 0. The molecule has 0 atom stereocenters. The first-order valence-electron chi connectivity index (χ1n) is 0. The van der Waals surface area contributed by atoms with E-state index >= 15 is 0 Å². The molecular formula is BiGeSeTe. The standard InChI is InChI=1S/Bi.Ge.Se.Te. The summed E-state index contributed by atoms with van der Waals surface area (Å²) in [5.74, 6) is 0. The zero-order chi connectivity index (χ0) is 0. The molecule has 0 amide bonds. The van der Waals surface area contributed by atoms with E-state index in [1.807, 2.05) is 0 Å². The topological polar surface area (TPSA) is 0 Å². The van der Waals surface area contributed by atoms with Crippen LogP contribution in [0.15, 0.2) is 0 Å². The minimum atomic E-state index is 0. The first-order chi connectivity index (χ1) is 0. The van der Waals surface area contributed by atoms with Crippen LogP contribution in [0.25, 0.3) is 0 Å². The van der Waals surface area contributed by atoms with Crippen LogP contribution in [0.5, 0.6) is 0 Å². The van der Waals surface area contributed by atoms with E-state index in [2.05, 4.69) is 0 Å². The van der Waals surface area contributed by atoms with Crippen molar-refractivity contribution in [2.45, 2.75) is 0 Å². The van der Waals surface area contributed by atoms with Crippen molar-refractivity contribution in [1.82, 2.24) is 0 Å². The van der Waals surface area contributed by atoms with Crippen molar-refractivity contribution in [3.05, 3.63) is 0 Å². The molecule has 0 rings (SSSR count). The Morgan fingerprint density at radius 3 is 1.00 bits per heavy atom. The molecule has 4 heavy (non-hydrogen) atoms. The van der Waals surface area contributed by atoms with Crippen LogP contribution in [0.3, 0.4) is 0 Å². The molecule has 4 heteroatoms. The monoisotopic (exact) mass is 493 g/mol. The molecule has 21 valence electrons. The number of rotatable bonds is 0. The molecule has 0 aromatic heterocycles. The van der Waals surface area contributed by atoms with Gasteiger partial charge in [-0.15, -0.1) is 0 Å². The van der Waals surface area contributed by atoms with Crippen molar-refractivity contribution in [2.75, 3.05) is 0 Å². The van der Waals surface area contributed by atoms with Gasteiger partial charge in [-0.25, -0.2) is 0 Å². The van der Waals surface area contributed by atoms with Crippen molar-refractivity contribution in [1.29, 1.82) is 0 Å². The molecule has 0 spiro atoms. The maximum absolute atomic E-state index is 0. The molecule has 0 saturated carbocycles. The predicted molar refractivity (Wildman–Crippen MR) is 23.0 cm³/mol. The summed E-state index contributed by atoms with van der Waals surface area (Å²) < 4.78 is 0.